The highest BCUT2D eigenvalue weighted by Gasteiger charge is 2.21. The number of nitrogens with one attached hydrogen (secondary N) is 2. The standard InChI is InChI=1S/C13H12IN3O/c1-8-4-12-9(5-11(8)14)6-16-17(12)10-2-3-13(18)15-7-10/h2-5,7,16H,6H2,1H3,(H,15,18). The number of aromatic nitrogens is 1. The van der Waals surface area contributed by atoms with Crippen LogP contribution in [0.5, 0.6) is 0 Å². The van der Waals surface area contributed by atoms with Gasteiger partial charge in [-0.05, 0) is 58.8 Å². The van der Waals surface area contributed by atoms with Crippen molar-refractivity contribution in [3.63, 3.8) is 0 Å². The summed E-state index contributed by atoms with van der Waals surface area (Å²) in [6, 6.07) is 7.72. The maximum atomic E-state index is 11.1. The van der Waals surface area contributed by atoms with Gasteiger partial charge in [-0.25, -0.2) is 5.43 Å². The van der Waals surface area contributed by atoms with Gasteiger partial charge in [-0.3, -0.25) is 9.80 Å². The molecule has 0 bridgehead atoms. The van der Waals surface area contributed by atoms with Gasteiger partial charge in [0, 0.05) is 22.4 Å². The lowest BCUT2D eigenvalue weighted by molar-refractivity contribution is 0.763. The van der Waals surface area contributed by atoms with Crippen LogP contribution in [-0.2, 0) is 6.54 Å². The van der Waals surface area contributed by atoms with Crippen LogP contribution in [-0.4, -0.2) is 4.98 Å². The molecular formula is C13H12IN3O. The molecule has 92 valence electrons. The third-order valence-electron chi connectivity index (χ3n) is 3.05. The van der Waals surface area contributed by atoms with Gasteiger partial charge >= 0.3 is 0 Å². The van der Waals surface area contributed by atoms with Crippen molar-refractivity contribution in [1.29, 1.82) is 0 Å². The molecule has 2 aromatic rings. The number of hydrogen-bond acceptors (Lipinski definition) is 3. The number of halogens is 1. The van der Waals surface area contributed by atoms with Gasteiger partial charge in [0.2, 0.25) is 5.56 Å². The van der Waals surface area contributed by atoms with E-state index in [1.54, 1.807) is 6.20 Å². The van der Waals surface area contributed by atoms with Gasteiger partial charge in [0.05, 0.1) is 11.4 Å². The Balaban J connectivity index is 2.07. The van der Waals surface area contributed by atoms with Crippen LogP contribution in [0.1, 0.15) is 11.1 Å². The summed E-state index contributed by atoms with van der Waals surface area (Å²) in [5.41, 5.74) is 7.86. The van der Waals surface area contributed by atoms with Gasteiger partial charge in [0.15, 0.2) is 0 Å². The highest BCUT2D eigenvalue weighted by molar-refractivity contribution is 14.1. The second-order valence-electron chi connectivity index (χ2n) is 4.31. The molecule has 5 heteroatoms. The van der Waals surface area contributed by atoms with Crippen LogP contribution < -0.4 is 16.0 Å². The lowest BCUT2D eigenvalue weighted by Gasteiger charge is -2.19. The van der Waals surface area contributed by atoms with Crippen molar-refractivity contribution in [3.05, 3.63) is 55.5 Å². The lowest BCUT2D eigenvalue weighted by atomic mass is 10.1. The first-order chi connectivity index (χ1) is 8.65. The summed E-state index contributed by atoms with van der Waals surface area (Å²) < 4.78 is 1.27. The van der Waals surface area contributed by atoms with E-state index >= 15 is 0 Å². The van der Waals surface area contributed by atoms with E-state index < -0.39 is 0 Å². The van der Waals surface area contributed by atoms with Crippen molar-refractivity contribution in [2.45, 2.75) is 13.5 Å². The number of nitrogens with zero attached hydrogens (tertiary/aromatic N) is 1. The maximum absolute atomic E-state index is 11.1. The highest BCUT2D eigenvalue weighted by atomic mass is 127. The normalized spacial score (nSPS) is 13.8. The number of aromatic amines is 1. The predicted molar refractivity (Wildman–Crippen MR) is 79.9 cm³/mol. The fourth-order valence-corrected chi connectivity index (χ4v) is 2.61. The Labute approximate surface area is 118 Å². The van der Waals surface area contributed by atoms with Crippen LogP contribution >= 0.6 is 22.6 Å². The van der Waals surface area contributed by atoms with Gasteiger partial charge in [-0.1, -0.05) is 0 Å². The van der Waals surface area contributed by atoms with Crippen LogP contribution in [0.25, 0.3) is 0 Å². The smallest absolute Gasteiger partial charge is 0.248 e. The molecule has 0 radical (unpaired) electrons. The minimum atomic E-state index is -0.0861. The Hall–Kier alpha value is -1.34. The molecule has 0 fully saturated rings. The van der Waals surface area contributed by atoms with E-state index in [0.717, 1.165) is 17.9 Å². The number of fused-ring (bicyclic) bond motifs is 1. The number of aryl methyl sites for hydroxylation is 1. The summed E-state index contributed by atoms with van der Waals surface area (Å²) in [5.74, 6) is 0. The number of H-pyrrole nitrogens is 1. The molecule has 1 aromatic carbocycles. The Morgan fingerprint density at radius 1 is 1.33 bits per heavy atom. The minimum absolute atomic E-state index is 0.0861. The average molecular weight is 353 g/mol. The van der Waals surface area contributed by atoms with Crippen molar-refractivity contribution in [1.82, 2.24) is 10.4 Å². The largest absolute Gasteiger partial charge is 0.327 e. The van der Waals surface area contributed by atoms with E-state index in [0.29, 0.717) is 0 Å². The highest BCUT2D eigenvalue weighted by Crippen LogP contribution is 2.33. The number of rotatable bonds is 1. The number of benzene rings is 1. The summed E-state index contributed by atoms with van der Waals surface area (Å²) in [4.78, 5) is 13.8. The molecule has 2 heterocycles. The first kappa shape index (κ1) is 11.7. The average Bonchev–Trinajstić information content (AvgIpc) is 2.74. The first-order valence-corrected chi connectivity index (χ1v) is 6.74. The molecule has 0 amide bonds. The van der Waals surface area contributed by atoms with Crippen LogP contribution in [0.2, 0.25) is 0 Å². The zero-order valence-electron chi connectivity index (χ0n) is 9.83. The summed E-state index contributed by atoms with van der Waals surface area (Å²) in [6.07, 6.45) is 1.72. The number of hydrazine groups is 1. The molecule has 3 rings (SSSR count). The van der Waals surface area contributed by atoms with Gasteiger partial charge < -0.3 is 4.98 Å². The monoisotopic (exact) mass is 353 g/mol. The summed E-state index contributed by atoms with van der Waals surface area (Å²) in [6.45, 7) is 2.91. The quantitative estimate of drug-likeness (QED) is 0.775. The lowest BCUT2D eigenvalue weighted by Crippen LogP contribution is -2.27. The van der Waals surface area contributed by atoms with Crippen molar-refractivity contribution in [2.75, 3.05) is 5.01 Å². The Morgan fingerprint density at radius 3 is 2.89 bits per heavy atom. The molecule has 0 saturated heterocycles. The molecule has 0 spiro atoms. The van der Waals surface area contributed by atoms with E-state index in [1.807, 2.05) is 11.1 Å². The van der Waals surface area contributed by atoms with Gasteiger partial charge in [0.25, 0.3) is 0 Å². The molecule has 4 nitrogen and oxygen atoms in total. The van der Waals surface area contributed by atoms with E-state index in [-0.39, 0.29) is 5.56 Å². The van der Waals surface area contributed by atoms with E-state index in [4.69, 9.17) is 0 Å². The number of hydrogen-bond donors (Lipinski definition) is 2. The van der Waals surface area contributed by atoms with Crippen molar-refractivity contribution in [2.24, 2.45) is 0 Å². The zero-order valence-corrected chi connectivity index (χ0v) is 12.0. The topological polar surface area (TPSA) is 48.1 Å². The van der Waals surface area contributed by atoms with E-state index in [1.165, 1.54) is 20.8 Å². The molecule has 0 unspecified atom stereocenters. The Morgan fingerprint density at radius 2 is 2.17 bits per heavy atom. The molecule has 1 aliphatic heterocycles. The fraction of sp³-hybridized carbons (Fsp3) is 0.154. The van der Waals surface area contributed by atoms with E-state index in [2.05, 4.69) is 52.1 Å². The second kappa shape index (κ2) is 4.40. The summed E-state index contributed by atoms with van der Waals surface area (Å²) in [7, 11) is 0. The zero-order chi connectivity index (χ0) is 12.7. The summed E-state index contributed by atoms with van der Waals surface area (Å²) in [5, 5.41) is 2.01. The number of anilines is 2. The third kappa shape index (κ3) is 1.93. The van der Waals surface area contributed by atoms with Gasteiger partial charge in [0.1, 0.15) is 0 Å². The first-order valence-electron chi connectivity index (χ1n) is 5.66. The van der Waals surface area contributed by atoms with Crippen LogP contribution in [0, 0.1) is 10.5 Å². The van der Waals surface area contributed by atoms with E-state index in [9.17, 15) is 4.79 Å². The van der Waals surface area contributed by atoms with Crippen molar-refractivity contribution >= 4 is 34.0 Å². The molecule has 18 heavy (non-hydrogen) atoms. The molecule has 0 aliphatic carbocycles. The molecule has 1 aliphatic rings. The second-order valence-corrected chi connectivity index (χ2v) is 5.47. The predicted octanol–water partition coefficient (Wildman–Crippen LogP) is 2.44. The molecular weight excluding hydrogens is 341 g/mol. The molecule has 1 aromatic heterocycles. The Bertz CT molecular complexity index is 645. The van der Waals surface area contributed by atoms with Crippen LogP contribution in [0.15, 0.2) is 35.3 Å². The molecule has 2 N–H and O–H groups in total. The summed E-state index contributed by atoms with van der Waals surface area (Å²) >= 11 is 2.35. The van der Waals surface area contributed by atoms with Gasteiger partial charge in [-0.2, -0.15) is 0 Å². The maximum Gasteiger partial charge on any atom is 0.248 e. The van der Waals surface area contributed by atoms with Crippen molar-refractivity contribution < 1.29 is 0 Å². The number of pyridine rings is 1. The minimum Gasteiger partial charge on any atom is -0.327 e. The molecule has 0 atom stereocenters. The Kier molecular flexibility index (Phi) is 2.87. The third-order valence-corrected chi connectivity index (χ3v) is 4.22. The van der Waals surface area contributed by atoms with Crippen LogP contribution in [0.3, 0.4) is 0 Å². The fourth-order valence-electron chi connectivity index (χ4n) is 2.08. The molecule has 0 saturated carbocycles. The van der Waals surface area contributed by atoms with Gasteiger partial charge in [-0.15, -0.1) is 0 Å². The van der Waals surface area contributed by atoms with Crippen LogP contribution in [0.4, 0.5) is 11.4 Å². The van der Waals surface area contributed by atoms with Crippen molar-refractivity contribution in [3.8, 4) is 0 Å². The SMILES string of the molecule is Cc1cc2c(cc1I)CNN2c1ccc(=O)[nH]c1.